The molecule has 0 unspecified atom stereocenters. The van der Waals surface area contributed by atoms with E-state index in [4.69, 9.17) is 0 Å². The van der Waals surface area contributed by atoms with Gasteiger partial charge in [-0.05, 0) is 107 Å². The average Bonchev–Trinajstić information content (AvgIpc) is 1.19. The molecule has 2 aliphatic rings. The monoisotopic (exact) mass is 1230 g/mol. The number of halogens is 6. The summed E-state index contributed by atoms with van der Waals surface area (Å²) in [6, 6.07) is 57.2. The predicted octanol–water partition coefficient (Wildman–Crippen LogP) is 14.8. The number of rotatable bonds is 27. The number of amides is 3. The van der Waals surface area contributed by atoms with Gasteiger partial charge in [0.05, 0.1) is 17.2 Å². The fourth-order valence-corrected chi connectivity index (χ4v) is 11.8. The summed E-state index contributed by atoms with van der Waals surface area (Å²) in [5.41, 5.74) is 5.91. The van der Waals surface area contributed by atoms with Crippen LogP contribution in [0.3, 0.4) is 0 Å². The van der Waals surface area contributed by atoms with Gasteiger partial charge in [0.25, 0.3) is 0 Å². The van der Waals surface area contributed by atoms with Crippen LogP contribution in [0.15, 0.2) is 188 Å². The Labute approximate surface area is 529 Å². The minimum atomic E-state index is -5.01. The molecule has 2 fully saturated rings. The van der Waals surface area contributed by atoms with Crippen molar-refractivity contribution in [2.45, 2.75) is 142 Å². The van der Waals surface area contributed by atoms with E-state index in [-0.39, 0.29) is 48.9 Å². The highest BCUT2D eigenvalue weighted by Gasteiger charge is 2.38. The third-order valence-electron chi connectivity index (χ3n) is 17.1. The maximum absolute atomic E-state index is 14.6. The maximum Gasteiger partial charge on any atom is 0.416 e. The zero-order valence-corrected chi connectivity index (χ0v) is 52.3. The van der Waals surface area contributed by atoms with Gasteiger partial charge in [0, 0.05) is 91.4 Å². The van der Waals surface area contributed by atoms with Crippen LogP contribution in [0.4, 0.5) is 26.3 Å². The quantitative estimate of drug-likeness (QED) is 0.0408. The largest absolute Gasteiger partial charge is 0.416 e. The number of hydrogen-bond acceptors (Lipinski definition) is 6. The van der Waals surface area contributed by atoms with Gasteiger partial charge in [-0.1, -0.05) is 209 Å². The fourth-order valence-electron chi connectivity index (χ4n) is 11.8. The first-order valence-corrected chi connectivity index (χ1v) is 32.2. The van der Waals surface area contributed by atoms with E-state index in [1.807, 2.05) is 78.9 Å². The molecule has 478 valence electrons. The second-order valence-corrected chi connectivity index (χ2v) is 24.0. The molecule has 0 radical (unpaired) electrons. The maximum atomic E-state index is 14.6. The minimum absolute atomic E-state index is 0.0433. The molecule has 0 aromatic heterocycles. The Kier molecular flexibility index (Phi) is 26.2. The van der Waals surface area contributed by atoms with Crippen molar-refractivity contribution in [3.05, 3.63) is 249 Å². The minimum Gasteiger partial charge on any atom is -0.339 e. The van der Waals surface area contributed by atoms with E-state index < -0.39 is 41.8 Å². The molecular formula is C75H88F6N6O3. The second kappa shape index (κ2) is 34.6. The number of carbonyl (C=O) groups is 3. The van der Waals surface area contributed by atoms with Gasteiger partial charge in [0.1, 0.15) is 6.04 Å². The van der Waals surface area contributed by atoms with Crippen LogP contribution in [-0.4, -0.2) is 107 Å². The van der Waals surface area contributed by atoms with Gasteiger partial charge < -0.3 is 20.0 Å². The van der Waals surface area contributed by atoms with Crippen LogP contribution in [0, 0.1) is 0 Å². The van der Waals surface area contributed by atoms with Gasteiger partial charge in [-0.3, -0.25) is 24.2 Å². The first kappa shape index (κ1) is 68.3. The lowest BCUT2D eigenvalue weighted by Gasteiger charge is -2.39. The summed E-state index contributed by atoms with van der Waals surface area (Å²) >= 11 is 0. The highest BCUT2D eigenvalue weighted by molar-refractivity contribution is 5.88. The number of piperazine rings is 2. The van der Waals surface area contributed by atoms with E-state index in [1.165, 1.54) is 46.4 Å². The molecule has 2 saturated heterocycles. The Bertz CT molecular complexity index is 3210. The van der Waals surface area contributed by atoms with E-state index in [1.54, 1.807) is 4.90 Å². The molecule has 2 heterocycles. The third kappa shape index (κ3) is 21.8. The Morgan fingerprint density at radius 2 is 0.833 bits per heavy atom. The van der Waals surface area contributed by atoms with E-state index in [0.29, 0.717) is 51.3 Å². The number of nitrogens with one attached hydrogen (secondary N) is 1. The van der Waals surface area contributed by atoms with Gasteiger partial charge in [-0.25, -0.2) is 0 Å². The van der Waals surface area contributed by atoms with Crippen molar-refractivity contribution < 1.29 is 40.7 Å². The number of unbranched alkanes of at least 4 members (excludes halogenated alkanes) is 4. The van der Waals surface area contributed by atoms with E-state index in [0.717, 1.165) is 93.6 Å². The molecule has 90 heavy (non-hydrogen) atoms. The van der Waals surface area contributed by atoms with Gasteiger partial charge in [-0.2, -0.15) is 26.3 Å². The molecule has 7 aromatic carbocycles. The number of carbonyl (C=O) groups excluding carboxylic acids is 3. The molecule has 9 rings (SSSR count). The molecule has 9 nitrogen and oxygen atoms in total. The third-order valence-corrected chi connectivity index (χ3v) is 17.1. The van der Waals surface area contributed by atoms with Crippen molar-refractivity contribution in [2.75, 3.05) is 52.4 Å². The zero-order valence-electron chi connectivity index (χ0n) is 52.3. The Morgan fingerprint density at radius 3 is 1.27 bits per heavy atom. The lowest BCUT2D eigenvalue weighted by Crippen LogP contribution is -2.56. The molecule has 15 heteroatoms. The molecule has 2 atom stereocenters. The fraction of sp³-hybridized carbons (Fsp3) is 0.400. The molecule has 7 aromatic rings. The van der Waals surface area contributed by atoms with Crippen LogP contribution >= 0.6 is 0 Å². The topological polar surface area (TPSA) is 79.4 Å². The van der Waals surface area contributed by atoms with Gasteiger partial charge in [0.2, 0.25) is 17.7 Å². The summed E-state index contributed by atoms with van der Waals surface area (Å²) in [5.74, 6) is -0.569. The van der Waals surface area contributed by atoms with Crippen LogP contribution in [0.25, 0.3) is 0 Å². The molecule has 2 aliphatic heterocycles. The number of hydrogen-bond donors (Lipinski definition) is 1. The van der Waals surface area contributed by atoms with Crippen molar-refractivity contribution in [1.29, 1.82) is 0 Å². The van der Waals surface area contributed by atoms with Crippen molar-refractivity contribution in [3.63, 3.8) is 0 Å². The molecule has 0 saturated carbocycles. The summed E-state index contributed by atoms with van der Waals surface area (Å²) in [6.07, 6.45) is -0.819. The van der Waals surface area contributed by atoms with Gasteiger partial charge >= 0.3 is 12.4 Å². The average molecular weight is 1240 g/mol. The molecule has 0 bridgehead atoms. The lowest BCUT2D eigenvalue weighted by molar-refractivity contribution is -0.147. The summed E-state index contributed by atoms with van der Waals surface area (Å²) in [5, 5.41) is 3.60. The van der Waals surface area contributed by atoms with Crippen molar-refractivity contribution in [2.24, 2.45) is 0 Å². The molecule has 1 N–H and O–H groups in total. The number of aryl methyl sites for hydroxylation is 3. The summed E-state index contributed by atoms with van der Waals surface area (Å²) in [6.45, 7) is 12.3. The summed E-state index contributed by atoms with van der Waals surface area (Å²) in [4.78, 5) is 52.5. The van der Waals surface area contributed by atoms with Crippen molar-refractivity contribution in [3.8, 4) is 0 Å². The molecular weight excluding hydrogens is 1150 g/mol. The van der Waals surface area contributed by atoms with Crippen LogP contribution in [0.2, 0.25) is 0 Å². The van der Waals surface area contributed by atoms with Crippen LogP contribution in [-0.2, 0) is 85.0 Å². The van der Waals surface area contributed by atoms with Gasteiger partial charge in [-0.15, -0.1) is 0 Å². The summed E-state index contributed by atoms with van der Waals surface area (Å²) in [7, 11) is 0. The highest BCUT2D eigenvalue weighted by atomic mass is 19.4. The lowest BCUT2D eigenvalue weighted by atomic mass is 9.98. The smallest absolute Gasteiger partial charge is 0.339 e. The first-order chi connectivity index (χ1) is 43.5. The summed E-state index contributed by atoms with van der Waals surface area (Å²) < 4.78 is 81.9. The molecule has 0 aliphatic carbocycles. The van der Waals surface area contributed by atoms with E-state index in [2.05, 4.69) is 125 Å². The van der Waals surface area contributed by atoms with Crippen LogP contribution in [0.5, 0.6) is 0 Å². The number of nitrogens with zero attached hydrogens (tertiary/aromatic N) is 5. The molecule has 0 spiro atoms. The number of benzene rings is 7. The van der Waals surface area contributed by atoms with Gasteiger partial charge in [0.15, 0.2) is 0 Å². The number of alkyl halides is 6. The normalized spacial score (nSPS) is 14.8. The molecule has 3 amide bonds. The van der Waals surface area contributed by atoms with Crippen molar-refractivity contribution in [1.82, 2.24) is 29.8 Å². The Hall–Kier alpha value is -7.59. The first-order valence-electron chi connectivity index (χ1n) is 32.2. The second-order valence-electron chi connectivity index (χ2n) is 24.0. The van der Waals surface area contributed by atoms with E-state index >= 15 is 0 Å². The van der Waals surface area contributed by atoms with Crippen LogP contribution < -0.4 is 5.32 Å². The SMILES string of the molecule is CCCCCc1ccc(CN(C(=O)CCc2cc(C(F)(F)F)cc(C(F)(F)F)c2)[C@@H](Cc2ccccc2)C(=O)N2CCN(Cc3ccccc3)CC2)cc1.CCCCCc1ccc(CN[C@@H](Cc2ccccc2)C(=O)N2CCN(Cc3ccccc3)CC2)cc1. The predicted molar refractivity (Wildman–Crippen MR) is 346 cm³/mol. The highest BCUT2D eigenvalue weighted by Crippen LogP contribution is 2.37. The Balaban J connectivity index is 0.000000251. The zero-order chi connectivity index (χ0) is 63.7. The standard InChI is InChI=1S/C43H47F6N3O2.C32H41N3O/c1-2-3-6-11-32-16-18-35(19-17-32)31-52(40(53)21-20-36-26-37(42(44,45)46)29-38(27-36)43(47,48)49)39(28-33-12-7-4-8-13-33)41(54)51-24-22-50(23-25-51)30-34-14-9-5-10-15-34;1-2-3-6-11-27-16-18-29(19-17-27)25-33-31(24-28-12-7-4-8-13-28)32(36)35-22-20-34(21-23-35)26-30-14-9-5-10-15-30/h4-5,7-10,12-19,26-27,29,39H,2-3,6,11,20-25,28,30-31H2,1H3;4-5,7-10,12-19,31,33H,2-3,6,11,20-26H2,1H3/t39-;31-/m00/s1. The van der Waals surface area contributed by atoms with Crippen LogP contribution in [0.1, 0.15) is 120 Å². The Morgan fingerprint density at radius 1 is 0.433 bits per heavy atom. The van der Waals surface area contributed by atoms with Crippen molar-refractivity contribution >= 4 is 17.7 Å². The van der Waals surface area contributed by atoms with E-state index in [9.17, 15) is 40.7 Å².